The maximum absolute atomic E-state index is 14.0. The van der Waals surface area contributed by atoms with Gasteiger partial charge in [-0.15, -0.1) is 9.24 Å². The van der Waals surface area contributed by atoms with Crippen molar-refractivity contribution in [1.29, 1.82) is 5.26 Å². The SMILES string of the molecule is N#CSc1c(F)cc(C#Cc2ccc(OCC3CCCC3)cc2)cc1P. The van der Waals surface area contributed by atoms with E-state index in [-0.39, 0.29) is 0 Å². The summed E-state index contributed by atoms with van der Waals surface area (Å²) in [7, 11) is 2.45. The summed E-state index contributed by atoms with van der Waals surface area (Å²) >= 11 is 0.814. The third kappa shape index (κ3) is 5.01. The van der Waals surface area contributed by atoms with Crippen molar-refractivity contribution in [3.05, 3.63) is 53.3 Å². The summed E-state index contributed by atoms with van der Waals surface area (Å²) < 4.78 is 19.9. The van der Waals surface area contributed by atoms with Crippen LogP contribution in [0.2, 0.25) is 0 Å². The summed E-state index contributed by atoms with van der Waals surface area (Å²) in [5.41, 5.74) is 1.43. The fraction of sp³-hybridized carbons (Fsp3) is 0.286. The monoisotopic (exact) mass is 383 g/mol. The number of hydrogen-bond acceptors (Lipinski definition) is 3. The van der Waals surface area contributed by atoms with Crippen LogP contribution in [0.5, 0.6) is 5.75 Å². The minimum atomic E-state index is -0.427. The van der Waals surface area contributed by atoms with Crippen molar-refractivity contribution in [1.82, 2.24) is 0 Å². The number of benzene rings is 2. The first-order valence-electron chi connectivity index (χ1n) is 8.55. The van der Waals surface area contributed by atoms with Crippen molar-refractivity contribution in [2.45, 2.75) is 30.6 Å². The predicted molar refractivity (Wildman–Crippen MR) is 107 cm³/mol. The number of thiocyanates is 1. The molecule has 1 saturated carbocycles. The molecule has 0 aromatic heterocycles. The average molecular weight is 383 g/mol. The van der Waals surface area contributed by atoms with Crippen LogP contribution in [0.15, 0.2) is 41.3 Å². The molecular formula is C21H19FNOPS. The van der Waals surface area contributed by atoms with Gasteiger partial charge in [0.05, 0.1) is 11.5 Å². The van der Waals surface area contributed by atoms with Crippen LogP contribution in [0.3, 0.4) is 0 Å². The zero-order valence-electron chi connectivity index (χ0n) is 14.3. The quantitative estimate of drug-likeness (QED) is 0.327. The van der Waals surface area contributed by atoms with Crippen molar-refractivity contribution in [3.63, 3.8) is 0 Å². The summed E-state index contributed by atoms with van der Waals surface area (Å²) in [6, 6.07) is 10.8. The maximum Gasteiger partial charge on any atom is 0.139 e. The van der Waals surface area contributed by atoms with E-state index in [1.165, 1.54) is 31.7 Å². The first-order chi connectivity index (χ1) is 12.7. The molecule has 2 aromatic rings. The molecule has 0 spiro atoms. The molecule has 1 aliphatic rings. The van der Waals surface area contributed by atoms with Crippen LogP contribution in [0.25, 0.3) is 0 Å². The molecule has 0 saturated heterocycles. The molecule has 1 atom stereocenters. The summed E-state index contributed by atoms with van der Waals surface area (Å²) in [5, 5.41) is 11.2. The highest BCUT2D eigenvalue weighted by Crippen LogP contribution is 2.25. The van der Waals surface area contributed by atoms with Gasteiger partial charge in [0.15, 0.2) is 0 Å². The van der Waals surface area contributed by atoms with E-state index in [9.17, 15) is 4.39 Å². The Balaban J connectivity index is 1.65. The Morgan fingerprint density at radius 2 is 1.81 bits per heavy atom. The van der Waals surface area contributed by atoms with Crippen molar-refractivity contribution in [2.24, 2.45) is 5.92 Å². The van der Waals surface area contributed by atoms with Gasteiger partial charge in [-0.2, -0.15) is 5.26 Å². The highest BCUT2D eigenvalue weighted by molar-refractivity contribution is 8.04. The van der Waals surface area contributed by atoms with Gasteiger partial charge in [-0.05, 0) is 72.2 Å². The maximum atomic E-state index is 14.0. The lowest BCUT2D eigenvalue weighted by molar-refractivity contribution is 0.252. The molecule has 0 heterocycles. The van der Waals surface area contributed by atoms with E-state index in [1.54, 1.807) is 6.07 Å². The number of thioether (sulfide) groups is 1. The minimum absolute atomic E-state index is 0.326. The largest absolute Gasteiger partial charge is 0.493 e. The van der Waals surface area contributed by atoms with Gasteiger partial charge < -0.3 is 4.74 Å². The molecule has 1 unspecified atom stereocenters. The van der Waals surface area contributed by atoms with Gasteiger partial charge in [0.1, 0.15) is 17.0 Å². The normalized spacial score (nSPS) is 13.7. The third-order valence-corrected chi connectivity index (χ3v) is 5.78. The number of halogens is 1. The molecular weight excluding hydrogens is 364 g/mol. The van der Waals surface area contributed by atoms with Gasteiger partial charge >= 0.3 is 0 Å². The average Bonchev–Trinajstić information content (AvgIpc) is 3.16. The molecule has 3 rings (SSSR count). The van der Waals surface area contributed by atoms with Gasteiger partial charge in [-0.25, -0.2) is 4.39 Å². The second-order valence-electron chi connectivity index (χ2n) is 6.31. The molecule has 5 heteroatoms. The standard InChI is InChI=1S/C21H19FNOPS/c22-19-11-17(12-20(25)21(19)26-14-23)6-5-15-7-9-18(10-8-15)24-13-16-3-1-2-4-16/h7-12,16H,1-4,13,25H2. The molecule has 2 nitrogen and oxygen atoms in total. The molecule has 26 heavy (non-hydrogen) atoms. The summed E-state index contributed by atoms with van der Waals surface area (Å²) in [4.78, 5) is 0.326. The molecule has 0 N–H and O–H groups in total. The van der Waals surface area contributed by atoms with Crippen LogP contribution in [0.1, 0.15) is 36.8 Å². The topological polar surface area (TPSA) is 33.0 Å². The van der Waals surface area contributed by atoms with Crippen molar-refractivity contribution < 1.29 is 9.13 Å². The van der Waals surface area contributed by atoms with E-state index in [0.717, 1.165) is 29.7 Å². The first-order valence-corrected chi connectivity index (χ1v) is 9.95. The first kappa shape index (κ1) is 18.8. The lowest BCUT2D eigenvalue weighted by Crippen LogP contribution is -2.07. The van der Waals surface area contributed by atoms with Gasteiger partial charge in [0, 0.05) is 11.1 Å². The number of ether oxygens (including phenoxy) is 1. The van der Waals surface area contributed by atoms with Crippen LogP contribution in [0, 0.1) is 34.2 Å². The Labute approximate surface area is 160 Å². The number of nitrogens with zero attached hydrogens (tertiary/aromatic N) is 1. The van der Waals surface area contributed by atoms with E-state index in [2.05, 4.69) is 21.1 Å². The zero-order valence-corrected chi connectivity index (χ0v) is 16.3. The van der Waals surface area contributed by atoms with E-state index in [1.807, 2.05) is 29.7 Å². The van der Waals surface area contributed by atoms with Crippen LogP contribution >= 0.6 is 21.0 Å². The summed E-state index contributed by atoms with van der Waals surface area (Å²) in [6.45, 7) is 0.786. The molecule has 1 fully saturated rings. The highest BCUT2D eigenvalue weighted by atomic mass is 32.2. The van der Waals surface area contributed by atoms with Gasteiger partial charge in [0.25, 0.3) is 0 Å². The second-order valence-corrected chi connectivity index (χ2v) is 7.72. The number of rotatable bonds is 4. The van der Waals surface area contributed by atoms with Gasteiger partial charge in [0.2, 0.25) is 0 Å². The van der Waals surface area contributed by atoms with E-state index >= 15 is 0 Å². The minimum Gasteiger partial charge on any atom is -0.493 e. The Kier molecular flexibility index (Phi) is 6.56. The molecule has 0 amide bonds. The van der Waals surface area contributed by atoms with Crippen LogP contribution in [-0.4, -0.2) is 6.61 Å². The fourth-order valence-corrected chi connectivity index (χ4v) is 3.93. The highest BCUT2D eigenvalue weighted by Gasteiger charge is 2.15. The van der Waals surface area contributed by atoms with Crippen LogP contribution < -0.4 is 10.0 Å². The Morgan fingerprint density at radius 3 is 2.46 bits per heavy atom. The Morgan fingerprint density at radius 1 is 1.12 bits per heavy atom. The smallest absolute Gasteiger partial charge is 0.139 e. The molecule has 1 aliphatic carbocycles. The zero-order chi connectivity index (χ0) is 18.4. The van der Waals surface area contributed by atoms with Crippen molar-refractivity contribution >= 4 is 26.3 Å². The molecule has 0 bridgehead atoms. The van der Waals surface area contributed by atoms with E-state index < -0.39 is 5.82 Å². The second kappa shape index (κ2) is 9.09. The number of nitriles is 1. The fourth-order valence-electron chi connectivity index (χ4n) is 3.01. The Hall–Kier alpha value is -2.00. The van der Waals surface area contributed by atoms with E-state index in [4.69, 9.17) is 10.00 Å². The van der Waals surface area contributed by atoms with Gasteiger partial charge in [-0.1, -0.05) is 24.7 Å². The molecule has 132 valence electrons. The lowest BCUT2D eigenvalue weighted by atomic mass is 10.1. The summed E-state index contributed by atoms with van der Waals surface area (Å²) in [6.07, 6.45) is 5.17. The van der Waals surface area contributed by atoms with Gasteiger partial charge in [-0.3, -0.25) is 0 Å². The van der Waals surface area contributed by atoms with E-state index in [0.29, 0.717) is 21.7 Å². The summed E-state index contributed by atoms with van der Waals surface area (Å²) in [5.74, 6) is 7.13. The van der Waals surface area contributed by atoms with Crippen molar-refractivity contribution in [3.8, 4) is 23.0 Å². The lowest BCUT2D eigenvalue weighted by Gasteiger charge is -2.11. The third-order valence-electron chi connectivity index (χ3n) is 4.39. The Bertz CT molecular complexity index is 851. The van der Waals surface area contributed by atoms with Crippen molar-refractivity contribution in [2.75, 3.05) is 6.61 Å². The number of hydrogen-bond donors (Lipinski definition) is 0. The van der Waals surface area contributed by atoms with Crippen LogP contribution in [-0.2, 0) is 0 Å². The molecule has 0 radical (unpaired) electrons. The molecule has 0 aliphatic heterocycles. The van der Waals surface area contributed by atoms with Crippen LogP contribution in [0.4, 0.5) is 4.39 Å². The molecule has 2 aromatic carbocycles. The predicted octanol–water partition coefficient (Wildman–Crippen LogP) is 4.87.